The fraction of sp³-hybridized carbons (Fsp3) is 0.280. The topological polar surface area (TPSA) is 57.2 Å². The summed E-state index contributed by atoms with van der Waals surface area (Å²) in [6.45, 7) is 3.43. The van der Waals surface area contributed by atoms with Gasteiger partial charge in [0.2, 0.25) is 0 Å². The lowest BCUT2D eigenvalue weighted by Gasteiger charge is -2.49. The minimum Gasteiger partial charge on any atom is -0.392 e. The molecule has 0 saturated heterocycles. The fourth-order valence-corrected chi connectivity index (χ4v) is 7.65. The molecule has 0 unspecified atom stereocenters. The molecule has 6 heteroatoms. The highest BCUT2D eigenvalue weighted by Gasteiger charge is 2.53. The maximum atomic E-state index is 12.8. The molecule has 5 nitrogen and oxygen atoms in total. The Bertz CT molecular complexity index is 2140. The summed E-state index contributed by atoms with van der Waals surface area (Å²) >= 11 is 6.87. The van der Waals surface area contributed by atoms with Gasteiger partial charge in [-0.05, 0) is 63.4 Å². The van der Waals surface area contributed by atoms with Crippen LogP contribution >= 0.6 is 11.6 Å². The van der Waals surface area contributed by atoms with Gasteiger partial charge < -0.3 is 24.1 Å². The van der Waals surface area contributed by atoms with Gasteiger partial charge in [-0.3, -0.25) is 0 Å². The lowest BCUT2D eigenvalue weighted by atomic mass is 9.70. The van der Waals surface area contributed by atoms with Crippen molar-refractivity contribution in [1.29, 1.82) is 0 Å². The summed E-state index contributed by atoms with van der Waals surface area (Å²) in [7, 11) is 0. The van der Waals surface area contributed by atoms with Gasteiger partial charge in [0.25, 0.3) is 0 Å². The first-order valence-electron chi connectivity index (χ1n) is 20.5. The van der Waals surface area contributed by atoms with E-state index in [1.807, 2.05) is 152 Å². The van der Waals surface area contributed by atoms with Crippen molar-refractivity contribution in [2.24, 2.45) is 5.92 Å². The molecule has 1 N–H and O–H groups in total. The number of hydrogen-bond acceptors (Lipinski definition) is 5. The number of rotatable bonds is 17. The predicted molar refractivity (Wildman–Crippen MR) is 223 cm³/mol. The predicted octanol–water partition coefficient (Wildman–Crippen LogP) is 10.5. The third-order valence-electron chi connectivity index (χ3n) is 10.5. The monoisotopic (exact) mass is 768 g/mol. The third kappa shape index (κ3) is 10.4. The van der Waals surface area contributed by atoms with E-state index in [1.54, 1.807) is 12.1 Å². The van der Waals surface area contributed by atoms with Crippen molar-refractivity contribution in [3.8, 4) is 0 Å². The second-order valence-electron chi connectivity index (χ2n) is 14.4. The normalized spacial score (nSPS) is 21.6. The van der Waals surface area contributed by atoms with E-state index in [0.717, 1.165) is 34.2 Å². The molecular formula is C50H51ClO5. The van der Waals surface area contributed by atoms with Crippen LogP contribution in [0.15, 0.2) is 164 Å². The molecule has 1 aliphatic rings. The van der Waals surface area contributed by atoms with Crippen LogP contribution in [0.2, 0.25) is 5.02 Å². The zero-order valence-corrected chi connectivity index (χ0v) is 32.5. The number of benzene rings is 6. The van der Waals surface area contributed by atoms with Crippen molar-refractivity contribution in [1.82, 2.24) is 0 Å². The van der Waals surface area contributed by atoms with Crippen LogP contribution in [0, 0.1) is 5.92 Å². The van der Waals surface area contributed by atoms with E-state index in [9.17, 15) is 7.85 Å². The first-order valence-corrected chi connectivity index (χ1v) is 19.8. The molecule has 0 bridgehead atoms. The molecule has 0 heterocycles. The lowest BCUT2D eigenvalue weighted by molar-refractivity contribution is -0.228. The Morgan fingerprint density at radius 1 is 0.536 bits per heavy atom. The highest BCUT2D eigenvalue weighted by molar-refractivity contribution is 6.31. The summed E-state index contributed by atoms with van der Waals surface area (Å²) in [5.41, 5.74) is 6.57. The Kier molecular flexibility index (Phi) is 13.2. The molecule has 6 aromatic rings. The third-order valence-corrected chi connectivity index (χ3v) is 10.9. The minimum absolute atomic E-state index is 0.174. The van der Waals surface area contributed by atoms with Crippen LogP contribution < -0.4 is 0 Å². The van der Waals surface area contributed by atoms with Gasteiger partial charge in [0, 0.05) is 19.6 Å². The molecule has 0 aliphatic heterocycles. The van der Waals surface area contributed by atoms with Crippen LogP contribution in [-0.4, -0.2) is 36.1 Å². The Labute approximate surface area is 339 Å². The van der Waals surface area contributed by atoms with E-state index in [1.165, 1.54) is 0 Å². The van der Waals surface area contributed by atoms with E-state index in [-0.39, 0.29) is 26.4 Å². The number of ether oxygens (including phenoxy) is 4. The SMILES string of the molecule is [2H]C([2H])(c1ccc(CC)cc1)c1cc([C@@H]2[C@@H](O)[C@H](COCc3ccccc3)[C@@H](OCc3ccccc3)[C@H](OCc3ccccc3)[C@H]2OCc2ccccc2)ccc1Cl. The lowest BCUT2D eigenvalue weighted by Crippen LogP contribution is -2.60. The highest BCUT2D eigenvalue weighted by atomic mass is 35.5. The average molecular weight is 769 g/mol. The van der Waals surface area contributed by atoms with E-state index in [0.29, 0.717) is 28.3 Å². The molecule has 1 fully saturated rings. The van der Waals surface area contributed by atoms with Crippen LogP contribution in [0.1, 0.15) is 60.1 Å². The Hall–Kier alpha value is -4.59. The molecular weight excluding hydrogens is 716 g/mol. The summed E-state index contributed by atoms with van der Waals surface area (Å²) in [6, 6.07) is 52.8. The quantitative estimate of drug-likeness (QED) is 0.100. The van der Waals surface area contributed by atoms with Crippen molar-refractivity contribution in [2.75, 3.05) is 6.61 Å². The van der Waals surface area contributed by atoms with Crippen LogP contribution in [0.4, 0.5) is 0 Å². The second kappa shape index (κ2) is 20.0. The zero-order valence-electron chi connectivity index (χ0n) is 33.8. The van der Waals surface area contributed by atoms with Gasteiger partial charge in [0.15, 0.2) is 0 Å². The molecule has 1 aliphatic carbocycles. The standard InChI is InChI=1S/C50H51ClO5/c1-2-36-23-25-37(26-24-36)29-43-30-42(27-28-45(43)51)46-47(52)44(35-53-31-38-15-7-3-8-16-38)48(54-32-39-17-9-4-10-18-39)50(56-34-41-21-13-6-14-22-41)49(46)55-33-40-19-11-5-12-20-40/h3-28,30,44,46-50,52H,2,29,31-35H2,1H3/t44-,46+,47-,48+,49-,50-/m0/s1/i29D2. The Balaban J connectivity index is 1.32. The van der Waals surface area contributed by atoms with Crippen molar-refractivity contribution in [3.63, 3.8) is 0 Å². The molecule has 6 aromatic carbocycles. The van der Waals surface area contributed by atoms with Gasteiger partial charge in [-0.2, -0.15) is 0 Å². The van der Waals surface area contributed by atoms with Crippen LogP contribution in [0.25, 0.3) is 0 Å². The number of aryl methyl sites for hydroxylation is 1. The molecule has 7 rings (SSSR count). The zero-order chi connectivity index (χ0) is 40.3. The summed E-state index contributed by atoms with van der Waals surface area (Å²) < 4.78 is 46.0. The van der Waals surface area contributed by atoms with Gasteiger partial charge in [0.1, 0.15) is 6.10 Å². The summed E-state index contributed by atoms with van der Waals surface area (Å²) in [5.74, 6) is -1.24. The summed E-state index contributed by atoms with van der Waals surface area (Å²) in [6.07, 6.45) is -4.18. The largest absolute Gasteiger partial charge is 0.392 e. The van der Waals surface area contributed by atoms with Crippen LogP contribution in [0.5, 0.6) is 0 Å². The summed E-state index contributed by atoms with van der Waals surface area (Å²) in [4.78, 5) is 0. The van der Waals surface area contributed by atoms with E-state index in [4.69, 9.17) is 30.5 Å². The molecule has 6 atom stereocenters. The van der Waals surface area contributed by atoms with Crippen molar-refractivity contribution in [3.05, 3.63) is 213 Å². The minimum atomic E-state index is -1.93. The highest BCUT2D eigenvalue weighted by Crippen LogP contribution is 2.44. The van der Waals surface area contributed by atoms with Crippen LogP contribution in [0.3, 0.4) is 0 Å². The smallest absolute Gasteiger partial charge is 0.111 e. The maximum absolute atomic E-state index is 12.8. The van der Waals surface area contributed by atoms with Crippen molar-refractivity contribution < 1.29 is 26.8 Å². The first kappa shape index (κ1) is 37.0. The molecule has 1 saturated carbocycles. The number of hydrogen-bond donors (Lipinski definition) is 1. The van der Waals surface area contributed by atoms with E-state index >= 15 is 0 Å². The van der Waals surface area contributed by atoms with Crippen molar-refractivity contribution in [2.45, 2.75) is 76.5 Å². The molecule has 288 valence electrons. The second-order valence-corrected chi connectivity index (χ2v) is 14.8. The van der Waals surface area contributed by atoms with Gasteiger partial charge in [-0.15, -0.1) is 0 Å². The molecule has 56 heavy (non-hydrogen) atoms. The van der Waals surface area contributed by atoms with E-state index < -0.39 is 42.6 Å². The number of aliphatic hydroxyl groups excluding tert-OH is 1. The van der Waals surface area contributed by atoms with Gasteiger partial charge in [0.05, 0.1) is 51.3 Å². The van der Waals surface area contributed by atoms with Gasteiger partial charge >= 0.3 is 0 Å². The number of aliphatic hydroxyl groups is 1. The average Bonchev–Trinajstić information content (AvgIpc) is 3.27. The molecule has 0 amide bonds. The number of halogens is 1. The summed E-state index contributed by atoms with van der Waals surface area (Å²) in [5, 5.41) is 13.1. The van der Waals surface area contributed by atoms with Gasteiger partial charge in [-0.25, -0.2) is 0 Å². The van der Waals surface area contributed by atoms with E-state index in [2.05, 4.69) is 6.92 Å². The maximum Gasteiger partial charge on any atom is 0.111 e. The fourth-order valence-electron chi connectivity index (χ4n) is 7.49. The van der Waals surface area contributed by atoms with Crippen molar-refractivity contribution >= 4 is 11.6 Å². The molecule has 0 radical (unpaired) electrons. The van der Waals surface area contributed by atoms with Gasteiger partial charge in [-0.1, -0.05) is 176 Å². The Morgan fingerprint density at radius 2 is 1.00 bits per heavy atom. The van der Waals surface area contributed by atoms with Crippen LogP contribution in [-0.2, 0) is 58.2 Å². The Morgan fingerprint density at radius 3 is 1.52 bits per heavy atom. The molecule has 0 spiro atoms. The first-order chi connectivity index (χ1) is 28.3. The molecule has 0 aromatic heterocycles.